The van der Waals surface area contributed by atoms with E-state index in [1.54, 1.807) is 18.3 Å². The maximum atomic E-state index is 13.2. The summed E-state index contributed by atoms with van der Waals surface area (Å²) in [4.78, 5) is 4.61. The van der Waals surface area contributed by atoms with Gasteiger partial charge in [0, 0.05) is 16.5 Å². The van der Waals surface area contributed by atoms with E-state index in [0.29, 0.717) is 5.76 Å². The number of pyridine rings is 1. The lowest BCUT2D eigenvalue weighted by Gasteiger charge is -2.20. The maximum absolute atomic E-state index is 13.2. The minimum atomic E-state index is -0.257. The van der Waals surface area contributed by atoms with E-state index in [9.17, 15) is 4.39 Å². The van der Waals surface area contributed by atoms with Gasteiger partial charge in [-0.3, -0.25) is 4.98 Å². The van der Waals surface area contributed by atoms with Crippen LogP contribution in [0, 0.1) is 12.7 Å². The molecule has 2 heterocycles. The van der Waals surface area contributed by atoms with E-state index >= 15 is 0 Å². The van der Waals surface area contributed by atoms with E-state index in [1.807, 2.05) is 12.1 Å². The van der Waals surface area contributed by atoms with Gasteiger partial charge in [-0.25, -0.2) is 4.39 Å². The summed E-state index contributed by atoms with van der Waals surface area (Å²) in [5, 5.41) is 0.984. The normalized spacial score (nSPS) is 11.9. The molecule has 0 unspecified atom stereocenters. The maximum Gasteiger partial charge on any atom is 0.153 e. The smallest absolute Gasteiger partial charge is 0.153 e. The highest BCUT2D eigenvalue weighted by Gasteiger charge is 2.16. The molecule has 0 aliphatic rings. The predicted octanol–water partition coefficient (Wildman–Crippen LogP) is 6.91. The van der Waals surface area contributed by atoms with Gasteiger partial charge in [0.2, 0.25) is 0 Å². The number of furan rings is 1. The first kappa shape index (κ1) is 17.5. The highest BCUT2D eigenvalue weighted by Crippen LogP contribution is 2.32. The molecule has 2 aromatic heterocycles. The van der Waals surface area contributed by atoms with E-state index < -0.39 is 0 Å². The molecule has 136 valence electrons. The molecule has 0 bridgehead atoms. The molecule has 0 saturated carbocycles. The van der Waals surface area contributed by atoms with Crippen LogP contribution in [0.2, 0.25) is 0 Å². The first-order valence-corrected chi connectivity index (χ1v) is 9.08. The summed E-state index contributed by atoms with van der Waals surface area (Å²) in [6, 6.07) is 16.9. The number of hydrogen-bond acceptors (Lipinski definition) is 2. The Labute approximate surface area is 158 Å². The van der Waals surface area contributed by atoms with Crippen LogP contribution in [-0.4, -0.2) is 4.98 Å². The Kier molecular flexibility index (Phi) is 4.11. The lowest BCUT2D eigenvalue weighted by Crippen LogP contribution is -2.11. The standard InChI is InChI=1S/C24H22FNO/c1-15-9-17(11-19(10-15)24(2,3)4)21-12-18-13-22(27-23(18)14-26-21)16-5-7-20(25)8-6-16/h5-14H,1-4H3. The molecule has 27 heavy (non-hydrogen) atoms. The van der Waals surface area contributed by atoms with Crippen LogP contribution in [0.25, 0.3) is 33.6 Å². The first-order chi connectivity index (χ1) is 12.8. The second kappa shape index (κ2) is 6.34. The van der Waals surface area contributed by atoms with Crippen molar-refractivity contribution in [1.82, 2.24) is 4.98 Å². The van der Waals surface area contributed by atoms with Crippen molar-refractivity contribution >= 4 is 11.0 Å². The number of halogens is 1. The van der Waals surface area contributed by atoms with Crippen molar-refractivity contribution in [2.45, 2.75) is 33.1 Å². The van der Waals surface area contributed by atoms with E-state index in [-0.39, 0.29) is 11.2 Å². The summed E-state index contributed by atoms with van der Waals surface area (Å²) in [6.45, 7) is 8.76. The lowest BCUT2D eigenvalue weighted by molar-refractivity contribution is 0.590. The van der Waals surface area contributed by atoms with Crippen LogP contribution in [0.3, 0.4) is 0 Å². The zero-order valence-corrected chi connectivity index (χ0v) is 16.0. The van der Waals surface area contributed by atoms with Crippen molar-refractivity contribution < 1.29 is 8.81 Å². The molecule has 0 fully saturated rings. The summed E-state index contributed by atoms with van der Waals surface area (Å²) >= 11 is 0. The molecule has 0 aliphatic carbocycles. The second-order valence-electron chi connectivity index (χ2n) is 8.06. The van der Waals surface area contributed by atoms with Gasteiger partial charge >= 0.3 is 0 Å². The third kappa shape index (κ3) is 3.50. The third-order valence-electron chi connectivity index (χ3n) is 4.77. The van der Waals surface area contributed by atoms with Gasteiger partial charge < -0.3 is 4.42 Å². The average Bonchev–Trinajstić information content (AvgIpc) is 3.04. The van der Waals surface area contributed by atoms with Gasteiger partial charge in [-0.1, -0.05) is 32.4 Å². The molecule has 0 radical (unpaired) electrons. The van der Waals surface area contributed by atoms with Gasteiger partial charge in [-0.15, -0.1) is 0 Å². The fourth-order valence-electron chi connectivity index (χ4n) is 3.22. The van der Waals surface area contributed by atoms with Crippen LogP contribution in [0.15, 0.2) is 65.2 Å². The highest BCUT2D eigenvalue weighted by molar-refractivity contribution is 5.85. The molecule has 4 rings (SSSR count). The zero-order valence-electron chi connectivity index (χ0n) is 16.0. The fourth-order valence-corrected chi connectivity index (χ4v) is 3.22. The van der Waals surface area contributed by atoms with E-state index in [0.717, 1.165) is 27.8 Å². The van der Waals surface area contributed by atoms with Crippen molar-refractivity contribution in [3.05, 3.63) is 77.7 Å². The number of fused-ring (bicyclic) bond motifs is 1. The van der Waals surface area contributed by atoms with E-state index in [4.69, 9.17) is 4.42 Å². The quantitative estimate of drug-likeness (QED) is 0.389. The Morgan fingerprint density at radius 3 is 2.33 bits per heavy atom. The van der Waals surface area contributed by atoms with Crippen LogP contribution in [0.1, 0.15) is 31.9 Å². The molecule has 2 nitrogen and oxygen atoms in total. The summed E-state index contributed by atoms with van der Waals surface area (Å²) in [7, 11) is 0. The number of benzene rings is 2. The molecule has 0 amide bonds. The summed E-state index contributed by atoms with van der Waals surface area (Å²) in [5.41, 5.74) is 6.18. The second-order valence-corrected chi connectivity index (χ2v) is 8.06. The molecule has 0 saturated heterocycles. The Hall–Kier alpha value is -2.94. The monoisotopic (exact) mass is 359 g/mol. The average molecular weight is 359 g/mol. The molecular formula is C24H22FNO. The Balaban J connectivity index is 1.78. The lowest BCUT2D eigenvalue weighted by atomic mass is 9.85. The van der Waals surface area contributed by atoms with Gasteiger partial charge in [-0.2, -0.15) is 0 Å². The summed E-state index contributed by atoms with van der Waals surface area (Å²) in [5.74, 6) is 0.455. The molecule has 0 N–H and O–H groups in total. The van der Waals surface area contributed by atoms with Crippen molar-refractivity contribution in [3.63, 3.8) is 0 Å². The number of nitrogens with zero attached hydrogens (tertiary/aromatic N) is 1. The van der Waals surface area contributed by atoms with Gasteiger partial charge in [0.1, 0.15) is 11.6 Å². The van der Waals surface area contributed by atoms with Gasteiger partial charge in [0.05, 0.1) is 11.9 Å². The van der Waals surface area contributed by atoms with Gasteiger partial charge in [-0.05, 0) is 66.4 Å². The zero-order chi connectivity index (χ0) is 19.2. The largest absolute Gasteiger partial charge is 0.454 e. The highest BCUT2D eigenvalue weighted by atomic mass is 19.1. The fraction of sp³-hybridized carbons (Fsp3) is 0.208. The van der Waals surface area contributed by atoms with Gasteiger partial charge in [0.15, 0.2) is 5.58 Å². The van der Waals surface area contributed by atoms with E-state index in [2.05, 4.69) is 50.9 Å². The van der Waals surface area contributed by atoms with Crippen molar-refractivity contribution in [2.75, 3.05) is 0 Å². The number of aromatic nitrogens is 1. The van der Waals surface area contributed by atoms with Crippen molar-refractivity contribution in [1.29, 1.82) is 0 Å². The van der Waals surface area contributed by atoms with Crippen LogP contribution >= 0.6 is 0 Å². The van der Waals surface area contributed by atoms with Crippen molar-refractivity contribution in [2.24, 2.45) is 0 Å². The Morgan fingerprint density at radius 2 is 1.63 bits per heavy atom. The van der Waals surface area contributed by atoms with Crippen LogP contribution in [0.5, 0.6) is 0 Å². The van der Waals surface area contributed by atoms with E-state index in [1.165, 1.54) is 23.3 Å². The number of hydrogen-bond donors (Lipinski definition) is 0. The third-order valence-corrected chi connectivity index (χ3v) is 4.77. The first-order valence-electron chi connectivity index (χ1n) is 9.08. The van der Waals surface area contributed by atoms with Crippen LogP contribution in [-0.2, 0) is 5.41 Å². The number of rotatable bonds is 2. The SMILES string of the molecule is Cc1cc(-c2cc3cc(-c4ccc(F)cc4)oc3cn2)cc(C(C)(C)C)c1. The molecule has 0 spiro atoms. The Morgan fingerprint density at radius 1 is 0.889 bits per heavy atom. The van der Waals surface area contributed by atoms with Crippen molar-refractivity contribution in [3.8, 4) is 22.6 Å². The van der Waals surface area contributed by atoms with Crippen LogP contribution < -0.4 is 0 Å². The van der Waals surface area contributed by atoms with Gasteiger partial charge in [0.25, 0.3) is 0 Å². The van der Waals surface area contributed by atoms with Crippen LogP contribution in [0.4, 0.5) is 4.39 Å². The minimum absolute atomic E-state index is 0.0796. The minimum Gasteiger partial charge on any atom is -0.454 e. The number of aryl methyl sites for hydroxylation is 1. The summed E-state index contributed by atoms with van der Waals surface area (Å²) < 4.78 is 19.1. The molecule has 2 aromatic carbocycles. The Bertz CT molecular complexity index is 1120. The molecule has 3 heteroatoms. The summed E-state index contributed by atoms with van der Waals surface area (Å²) in [6.07, 6.45) is 1.76. The topological polar surface area (TPSA) is 26.0 Å². The molecule has 0 aliphatic heterocycles. The molecule has 4 aromatic rings. The molecular weight excluding hydrogens is 337 g/mol. The molecule has 0 atom stereocenters. The predicted molar refractivity (Wildman–Crippen MR) is 108 cm³/mol.